The summed E-state index contributed by atoms with van der Waals surface area (Å²) in [6, 6.07) is 1.74. The molecular weight excluding hydrogens is 266 g/mol. The normalized spacial score (nSPS) is 10.7. The van der Waals surface area contributed by atoms with Gasteiger partial charge in [-0.15, -0.1) is 0 Å². The molecule has 0 saturated heterocycles. The third-order valence-corrected chi connectivity index (χ3v) is 3.23. The third kappa shape index (κ3) is 3.72. The fourth-order valence-corrected chi connectivity index (χ4v) is 2.07. The van der Waals surface area contributed by atoms with E-state index in [2.05, 4.69) is 32.2 Å². The minimum absolute atomic E-state index is 0.507. The number of ether oxygens (including phenoxy) is 1. The molecule has 0 spiro atoms. The summed E-state index contributed by atoms with van der Waals surface area (Å²) < 4.78 is 5.11. The highest BCUT2D eigenvalue weighted by atomic mass is 16.5. The zero-order valence-electron chi connectivity index (χ0n) is 13.0. The van der Waals surface area contributed by atoms with Crippen molar-refractivity contribution in [2.24, 2.45) is 0 Å². The van der Waals surface area contributed by atoms with Crippen LogP contribution in [0.1, 0.15) is 30.3 Å². The summed E-state index contributed by atoms with van der Waals surface area (Å²) in [5, 5.41) is 3.38. The third-order valence-electron chi connectivity index (χ3n) is 3.23. The van der Waals surface area contributed by atoms with Gasteiger partial charge in [0.05, 0.1) is 7.11 Å². The van der Waals surface area contributed by atoms with Gasteiger partial charge < -0.3 is 10.1 Å². The van der Waals surface area contributed by atoms with E-state index in [4.69, 9.17) is 4.74 Å². The summed E-state index contributed by atoms with van der Waals surface area (Å²) in [6.07, 6.45) is 2.57. The van der Waals surface area contributed by atoms with Crippen molar-refractivity contribution in [2.75, 3.05) is 13.7 Å². The Balaban J connectivity index is 2.30. The lowest BCUT2D eigenvalue weighted by Crippen LogP contribution is -2.17. The first-order chi connectivity index (χ1) is 10.2. The second kappa shape index (κ2) is 7.08. The molecule has 2 aromatic rings. The summed E-state index contributed by atoms with van der Waals surface area (Å²) in [4.78, 5) is 17.3. The molecule has 112 valence electrons. The lowest BCUT2D eigenvalue weighted by atomic mass is 10.1. The second-order valence-electron chi connectivity index (χ2n) is 4.82. The number of nitrogens with zero attached hydrogens (tertiary/aromatic N) is 4. The lowest BCUT2D eigenvalue weighted by molar-refractivity contribution is 0.397. The van der Waals surface area contributed by atoms with E-state index < -0.39 is 0 Å². The molecular formula is C15H21N5O. The molecule has 1 N–H and O–H groups in total. The Bertz CT molecular complexity index is 592. The predicted octanol–water partition coefficient (Wildman–Crippen LogP) is 2.06. The van der Waals surface area contributed by atoms with Gasteiger partial charge in [-0.05, 0) is 26.8 Å². The Labute approximate surface area is 125 Å². The average Bonchev–Trinajstić information content (AvgIpc) is 2.50. The van der Waals surface area contributed by atoms with Crippen molar-refractivity contribution in [3.8, 4) is 17.4 Å². The molecule has 2 aromatic heterocycles. The zero-order valence-corrected chi connectivity index (χ0v) is 13.0. The van der Waals surface area contributed by atoms with Crippen molar-refractivity contribution in [1.82, 2.24) is 25.3 Å². The number of aryl methyl sites for hydroxylation is 2. The smallest absolute Gasteiger partial charge is 0.216 e. The lowest BCUT2D eigenvalue weighted by Gasteiger charge is -2.11. The van der Waals surface area contributed by atoms with Gasteiger partial charge in [-0.25, -0.2) is 19.9 Å². The Morgan fingerprint density at radius 1 is 1.14 bits per heavy atom. The van der Waals surface area contributed by atoms with Crippen molar-refractivity contribution in [1.29, 1.82) is 0 Å². The fourth-order valence-electron chi connectivity index (χ4n) is 2.07. The molecule has 0 radical (unpaired) electrons. The molecule has 0 aromatic carbocycles. The van der Waals surface area contributed by atoms with Crippen LogP contribution in [0.2, 0.25) is 0 Å². The first kappa shape index (κ1) is 15.3. The monoisotopic (exact) mass is 287 g/mol. The van der Waals surface area contributed by atoms with Gasteiger partial charge in [0.15, 0.2) is 5.82 Å². The summed E-state index contributed by atoms with van der Waals surface area (Å²) in [6.45, 7) is 7.93. The van der Waals surface area contributed by atoms with Crippen LogP contribution in [0, 0.1) is 13.8 Å². The van der Waals surface area contributed by atoms with Crippen molar-refractivity contribution in [2.45, 2.75) is 33.7 Å². The van der Waals surface area contributed by atoms with E-state index in [0.717, 1.165) is 36.5 Å². The molecule has 6 heteroatoms. The van der Waals surface area contributed by atoms with Gasteiger partial charge in [0, 0.05) is 29.6 Å². The van der Waals surface area contributed by atoms with Crippen LogP contribution in [0.4, 0.5) is 0 Å². The Morgan fingerprint density at radius 3 is 2.48 bits per heavy atom. The highest BCUT2D eigenvalue weighted by molar-refractivity contribution is 5.51. The van der Waals surface area contributed by atoms with Crippen LogP contribution in [0.15, 0.2) is 12.4 Å². The van der Waals surface area contributed by atoms with E-state index in [1.165, 1.54) is 6.33 Å². The van der Waals surface area contributed by atoms with Crippen molar-refractivity contribution >= 4 is 0 Å². The minimum atomic E-state index is 0.507. The van der Waals surface area contributed by atoms with Crippen molar-refractivity contribution in [3.05, 3.63) is 29.3 Å². The number of aromatic nitrogens is 4. The Morgan fingerprint density at radius 2 is 1.86 bits per heavy atom. The average molecular weight is 287 g/mol. The SMILES string of the molecule is CCCNCc1c(C)nc(-c2cc(OC)ncn2)nc1C. The predicted molar refractivity (Wildman–Crippen MR) is 81.1 cm³/mol. The molecule has 0 aliphatic heterocycles. The summed E-state index contributed by atoms with van der Waals surface area (Å²) in [5.74, 6) is 1.11. The quantitative estimate of drug-likeness (QED) is 0.820. The van der Waals surface area contributed by atoms with E-state index in [1.807, 2.05) is 13.8 Å². The maximum Gasteiger partial charge on any atom is 0.216 e. The molecule has 6 nitrogen and oxygen atoms in total. The van der Waals surface area contributed by atoms with Crippen molar-refractivity contribution in [3.63, 3.8) is 0 Å². The molecule has 2 heterocycles. The summed E-state index contributed by atoms with van der Waals surface area (Å²) in [7, 11) is 1.58. The topological polar surface area (TPSA) is 72.8 Å². The first-order valence-corrected chi connectivity index (χ1v) is 7.07. The van der Waals surface area contributed by atoms with Crippen molar-refractivity contribution < 1.29 is 4.74 Å². The Kier molecular flexibility index (Phi) is 5.16. The molecule has 0 saturated carbocycles. The van der Waals surface area contributed by atoms with Gasteiger partial charge in [-0.2, -0.15) is 0 Å². The van der Waals surface area contributed by atoms with Gasteiger partial charge in [0.25, 0.3) is 0 Å². The standard InChI is InChI=1S/C15H21N5O/c1-5-6-16-8-12-10(2)19-15(20-11(12)3)13-7-14(21-4)18-9-17-13/h7,9,16H,5-6,8H2,1-4H3. The van der Waals surface area contributed by atoms with E-state index >= 15 is 0 Å². The first-order valence-electron chi connectivity index (χ1n) is 7.07. The van der Waals surface area contributed by atoms with E-state index in [-0.39, 0.29) is 0 Å². The van der Waals surface area contributed by atoms with Gasteiger partial charge in [0.1, 0.15) is 12.0 Å². The number of rotatable bonds is 6. The highest BCUT2D eigenvalue weighted by Crippen LogP contribution is 2.19. The molecule has 0 aliphatic carbocycles. The fraction of sp³-hybridized carbons (Fsp3) is 0.467. The second-order valence-corrected chi connectivity index (χ2v) is 4.82. The molecule has 21 heavy (non-hydrogen) atoms. The molecule has 2 rings (SSSR count). The summed E-state index contributed by atoms with van der Waals surface area (Å²) in [5.41, 5.74) is 3.76. The van der Waals surface area contributed by atoms with Gasteiger partial charge in [-0.1, -0.05) is 6.92 Å². The van der Waals surface area contributed by atoms with E-state index in [0.29, 0.717) is 17.4 Å². The Hall–Kier alpha value is -2.08. The highest BCUT2D eigenvalue weighted by Gasteiger charge is 2.11. The molecule has 0 bridgehead atoms. The number of nitrogens with one attached hydrogen (secondary N) is 1. The number of hydrogen-bond donors (Lipinski definition) is 1. The van der Waals surface area contributed by atoms with Crippen LogP contribution >= 0.6 is 0 Å². The van der Waals surface area contributed by atoms with Crippen LogP contribution in [-0.4, -0.2) is 33.6 Å². The van der Waals surface area contributed by atoms with Crippen LogP contribution in [-0.2, 0) is 6.54 Å². The van der Waals surface area contributed by atoms with E-state index in [9.17, 15) is 0 Å². The summed E-state index contributed by atoms with van der Waals surface area (Å²) >= 11 is 0. The van der Waals surface area contributed by atoms with Crippen LogP contribution in [0.3, 0.4) is 0 Å². The maximum atomic E-state index is 5.11. The molecule has 0 aliphatic rings. The van der Waals surface area contributed by atoms with Crippen LogP contribution in [0.5, 0.6) is 5.88 Å². The minimum Gasteiger partial charge on any atom is -0.481 e. The molecule has 0 amide bonds. The van der Waals surface area contributed by atoms with E-state index in [1.54, 1.807) is 13.2 Å². The molecule has 0 unspecified atom stereocenters. The molecule has 0 fully saturated rings. The van der Waals surface area contributed by atoms with Crippen LogP contribution in [0.25, 0.3) is 11.5 Å². The number of hydrogen-bond acceptors (Lipinski definition) is 6. The van der Waals surface area contributed by atoms with Gasteiger partial charge >= 0.3 is 0 Å². The van der Waals surface area contributed by atoms with Gasteiger partial charge in [0.2, 0.25) is 5.88 Å². The number of methoxy groups -OCH3 is 1. The van der Waals surface area contributed by atoms with Gasteiger partial charge in [-0.3, -0.25) is 0 Å². The maximum absolute atomic E-state index is 5.11. The van der Waals surface area contributed by atoms with Crippen LogP contribution < -0.4 is 10.1 Å². The molecule has 0 atom stereocenters. The zero-order chi connectivity index (χ0) is 15.2. The largest absolute Gasteiger partial charge is 0.481 e.